The number of aromatic nitrogens is 1. The van der Waals surface area contributed by atoms with Crippen LogP contribution in [0.15, 0.2) is 40.8 Å². The van der Waals surface area contributed by atoms with Crippen LogP contribution in [0.2, 0.25) is 0 Å². The normalized spacial score (nSPS) is 17.8. The molecule has 0 N–H and O–H groups in total. The molecule has 1 aliphatic heterocycles. The highest BCUT2D eigenvalue weighted by Crippen LogP contribution is 2.36. The number of likely N-dealkylation sites (tertiary alicyclic amines) is 1. The minimum Gasteiger partial charge on any atom is -0.395 e. The van der Waals surface area contributed by atoms with Crippen LogP contribution in [-0.4, -0.2) is 27.3 Å². The highest BCUT2D eigenvalue weighted by molar-refractivity contribution is 7.18. The van der Waals surface area contributed by atoms with Gasteiger partial charge in [-0.15, -0.1) is 11.3 Å². The lowest BCUT2D eigenvalue weighted by atomic mass is 10.0. The van der Waals surface area contributed by atoms with Crippen molar-refractivity contribution in [2.75, 3.05) is 6.54 Å². The Morgan fingerprint density at radius 1 is 1.28 bits per heavy atom. The number of carbonyl (C=O) groups is 1. The van der Waals surface area contributed by atoms with Crippen molar-refractivity contribution in [3.05, 3.63) is 57.3 Å². The molecule has 0 aliphatic carbocycles. The summed E-state index contributed by atoms with van der Waals surface area (Å²) in [5, 5.41) is 11.7. The number of hydrogen-bond acceptors (Lipinski definition) is 6. The van der Waals surface area contributed by atoms with Crippen molar-refractivity contribution in [2.24, 2.45) is 0 Å². The first-order valence-corrected chi connectivity index (χ1v) is 8.86. The van der Waals surface area contributed by atoms with E-state index in [-0.39, 0.29) is 17.7 Å². The van der Waals surface area contributed by atoms with Crippen LogP contribution in [0.5, 0.6) is 0 Å². The van der Waals surface area contributed by atoms with Gasteiger partial charge in [0.1, 0.15) is 9.93 Å². The van der Waals surface area contributed by atoms with Gasteiger partial charge in [0.25, 0.3) is 5.91 Å². The molecular weight excluding hydrogens is 342 g/mol. The molecule has 4 rings (SSSR count). The number of thiazole rings is 1. The van der Waals surface area contributed by atoms with Crippen LogP contribution in [0.25, 0.3) is 10.2 Å². The van der Waals surface area contributed by atoms with Crippen molar-refractivity contribution >= 4 is 33.3 Å². The number of rotatable bonds is 3. The van der Waals surface area contributed by atoms with Crippen LogP contribution in [0.1, 0.15) is 40.9 Å². The van der Waals surface area contributed by atoms with Crippen molar-refractivity contribution in [3.63, 3.8) is 0 Å². The molecule has 0 saturated carbocycles. The molecule has 1 fully saturated rings. The number of hydrogen-bond donors (Lipinski definition) is 0. The second kappa shape index (κ2) is 6.29. The number of nitro groups is 1. The highest BCUT2D eigenvalue weighted by atomic mass is 32.1. The molecule has 3 heterocycles. The zero-order valence-corrected chi connectivity index (χ0v) is 14.1. The third kappa shape index (κ3) is 2.89. The largest absolute Gasteiger partial charge is 0.433 e. The highest BCUT2D eigenvalue weighted by Gasteiger charge is 2.33. The van der Waals surface area contributed by atoms with Crippen molar-refractivity contribution in [3.8, 4) is 0 Å². The molecule has 3 aromatic rings. The first-order chi connectivity index (χ1) is 12.1. The van der Waals surface area contributed by atoms with E-state index in [1.165, 1.54) is 12.1 Å². The Kier molecular flexibility index (Phi) is 3.96. The molecule has 1 aliphatic rings. The van der Waals surface area contributed by atoms with Crippen LogP contribution in [-0.2, 0) is 0 Å². The second-order valence-electron chi connectivity index (χ2n) is 5.92. The third-order valence-corrected chi connectivity index (χ3v) is 5.48. The van der Waals surface area contributed by atoms with Gasteiger partial charge in [-0.05, 0) is 37.5 Å². The van der Waals surface area contributed by atoms with Gasteiger partial charge in [-0.3, -0.25) is 14.9 Å². The molecule has 1 saturated heterocycles. The van der Waals surface area contributed by atoms with Crippen LogP contribution in [0.3, 0.4) is 0 Å². The number of benzene rings is 1. The first-order valence-electron chi connectivity index (χ1n) is 8.04. The topological polar surface area (TPSA) is 89.5 Å². The molecule has 128 valence electrons. The van der Waals surface area contributed by atoms with Crippen LogP contribution >= 0.6 is 11.3 Å². The lowest BCUT2D eigenvalue weighted by molar-refractivity contribution is -0.402. The summed E-state index contributed by atoms with van der Waals surface area (Å²) in [6.45, 7) is 0.591. The number of nitrogens with zero attached hydrogens (tertiary/aromatic N) is 3. The molecule has 1 aromatic carbocycles. The van der Waals surface area contributed by atoms with E-state index in [0.29, 0.717) is 6.54 Å². The predicted octanol–water partition coefficient (Wildman–Crippen LogP) is 4.16. The maximum atomic E-state index is 12.8. The van der Waals surface area contributed by atoms with E-state index in [1.807, 2.05) is 24.3 Å². The van der Waals surface area contributed by atoms with Gasteiger partial charge < -0.3 is 9.32 Å². The van der Waals surface area contributed by atoms with Crippen molar-refractivity contribution in [1.29, 1.82) is 0 Å². The Bertz CT molecular complexity index is 915. The Morgan fingerprint density at radius 3 is 2.88 bits per heavy atom. The summed E-state index contributed by atoms with van der Waals surface area (Å²) >= 11 is 1.59. The van der Waals surface area contributed by atoms with Gasteiger partial charge in [0, 0.05) is 6.54 Å². The minimum absolute atomic E-state index is 0.000267. The summed E-state index contributed by atoms with van der Waals surface area (Å²) in [5.74, 6) is -0.742. The number of amides is 1. The first kappa shape index (κ1) is 15.8. The number of furan rings is 1. The van der Waals surface area contributed by atoms with Crippen LogP contribution in [0, 0.1) is 10.1 Å². The standard InChI is InChI=1S/C17H15N3O4S/c21-17(13-8-9-15(24-13)20(22)23)19-10-4-3-6-12(19)16-18-11-5-1-2-7-14(11)25-16/h1-2,5,7-9,12H,3-4,6,10H2/t12-/m0/s1. The molecule has 0 bridgehead atoms. The maximum Gasteiger partial charge on any atom is 0.433 e. The zero-order valence-electron chi connectivity index (χ0n) is 13.3. The van der Waals surface area contributed by atoms with Gasteiger partial charge in [0.2, 0.25) is 0 Å². The number of para-hydroxylation sites is 1. The Hall–Kier alpha value is -2.74. The van der Waals surface area contributed by atoms with E-state index in [2.05, 4.69) is 4.98 Å². The fraction of sp³-hybridized carbons (Fsp3) is 0.294. The van der Waals surface area contributed by atoms with Crippen molar-refractivity contribution < 1.29 is 14.1 Å². The molecule has 1 atom stereocenters. The number of carbonyl (C=O) groups excluding carboxylic acids is 1. The molecule has 0 radical (unpaired) electrons. The summed E-state index contributed by atoms with van der Waals surface area (Å²) in [6, 6.07) is 10.3. The molecule has 25 heavy (non-hydrogen) atoms. The van der Waals surface area contributed by atoms with Crippen LogP contribution in [0.4, 0.5) is 5.88 Å². The lowest BCUT2D eigenvalue weighted by Crippen LogP contribution is -2.38. The summed E-state index contributed by atoms with van der Waals surface area (Å²) in [5.41, 5.74) is 0.925. The molecular formula is C17H15N3O4S. The van der Waals surface area contributed by atoms with E-state index in [1.54, 1.807) is 16.2 Å². The Balaban J connectivity index is 1.66. The fourth-order valence-electron chi connectivity index (χ4n) is 3.15. The SMILES string of the molecule is O=C(c1ccc([N+](=O)[O-])o1)N1CCCC[C@H]1c1nc2ccccc2s1. The van der Waals surface area contributed by atoms with Gasteiger partial charge in [-0.2, -0.15) is 0 Å². The quantitative estimate of drug-likeness (QED) is 0.518. The Morgan fingerprint density at radius 2 is 2.12 bits per heavy atom. The average molecular weight is 357 g/mol. The molecule has 1 amide bonds. The van der Waals surface area contributed by atoms with E-state index in [4.69, 9.17) is 4.42 Å². The predicted molar refractivity (Wildman–Crippen MR) is 92.6 cm³/mol. The second-order valence-corrected chi connectivity index (χ2v) is 6.99. The zero-order chi connectivity index (χ0) is 17.4. The van der Waals surface area contributed by atoms with Gasteiger partial charge >= 0.3 is 5.88 Å². The number of fused-ring (bicyclic) bond motifs is 1. The van der Waals surface area contributed by atoms with E-state index >= 15 is 0 Å². The lowest BCUT2D eigenvalue weighted by Gasteiger charge is -2.33. The summed E-state index contributed by atoms with van der Waals surface area (Å²) in [4.78, 5) is 29.4. The van der Waals surface area contributed by atoms with Gasteiger partial charge in [-0.25, -0.2) is 4.98 Å². The van der Waals surface area contributed by atoms with Crippen molar-refractivity contribution in [2.45, 2.75) is 25.3 Å². The molecule has 2 aromatic heterocycles. The Labute approximate surface area is 147 Å². The van der Waals surface area contributed by atoms with E-state index < -0.39 is 10.8 Å². The van der Waals surface area contributed by atoms with E-state index in [9.17, 15) is 14.9 Å². The molecule has 7 nitrogen and oxygen atoms in total. The molecule has 8 heteroatoms. The fourth-order valence-corrected chi connectivity index (χ4v) is 4.26. The summed E-state index contributed by atoms with van der Waals surface area (Å²) in [7, 11) is 0. The molecule has 0 unspecified atom stereocenters. The maximum absolute atomic E-state index is 12.8. The average Bonchev–Trinajstić information content (AvgIpc) is 3.28. The van der Waals surface area contributed by atoms with E-state index in [0.717, 1.165) is 34.5 Å². The van der Waals surface area contributed by atoms with Crippen molar-refractivity contribution in [1.82, 2.24) is 9.88 Å². The third-order valence-electron chi connectivity index (χ3n) is 4.34. The number of piperidine rings is 1. The monoisotopic (exact) mass is 357 g/mol. The smallest absolute Gasteiger partial charge is 0.395 e. The summed E-state index contributed by atoms with van der Waals surface area (Å²) in [6.07, 6.45) is 2.74. The summed E-state index contributed by atoms with van der Waals surface area (Å²) < 4.78 is 6.18. The van der Waals surface area contributed by atoms with Gasteiger partial charge in [0.15, 0.2) is 5.76 Å². The van der Waals surface area contributed by atoms with Gasteiger partial charge in [-0.1, -0.05) is 12.1 Å². The van der Waals surface area contributed by atoms with Gasteiger partial charge in [0.05, 0.1) is 22.3 Å². The minimum atomic E-state index is -0.641. The van der Waals surface area contributed by atoms with Crippen LogP contribution < -0.4 is 0 Å². The molecule has 0 spiro atoms.